The summed E-state index contributed by atoms with van der Waals surface area (Å²) in [6.45, 7) is 1.67. The van der Waals surface area contributed by atoms with Crippen molar-refractivity contribution >= 4 is 5.91 Å². The molecule has 0 fully saturated rings. The van der Waals surface area contributed by atoms with E-state index in [9.17, 15) is 9.18 Å². The van der Waals surface area contributed by atoms with Crippen LogP contribution in [-0.2, 0) is 4.79 Å². The Balaban J connectivity index is 2.10. The van der Waals surface area contributed by atoms with Crippen molar-refractivity contribution in [2.45, 2.75) is 12.8 Å². The predicted octanol–water partition coefficient (Wildman–Crippen LogP) is 2.00. The summed E-state index contributed by atoms with van der Waals surface area (Å²) in [6.07, 6.45) is 2.52. The van der Waals surface area contributed by atoms with Gasteiger partial charge in [-0.15, -0.1) is 0 Å². The Morgan fingerprint density at radius 3 is 2.58 bits per heavy atom. The normalized spacial score (nSPS) is 11.9. The smallest absolute Gasteiger partial charge is 0.226 e. The van der Waals surface area contributed by atoms with Gasteiger partial charge in [0.25, 0.3) is 0 Å². The van der Waals surface area contributed by atoms with Crippen LogP contribution in [0, 0.1) is 5.82 Å². The third-order valence-electron chi connectivity index (χ3n) is 2.55. The number of hydrogen-bond acceptors (Lipinski definition) is 4. The van der Waals surface area contributed by atoms with Crippen LogP contribution in [-0.4, -0.2) is 15.9 Å². The molecule has 98 valence electrons. The lowest BCUT2D eigenvalue weighted by atomic mass is 10.1. The molecule has 0 aliphatic heterocycles. The van der Waals surface area contributed by atoms with Crippen molar-refractivity contribution in [1.82, 2.24) is 9.97 Å². The molecule has 1 atom stereocenters. The van der Waals surface area contributed by atoms with Gasteiger partial charge in [-0.05, 0) is 25.1 Å². The summed E-state index contributed by atoms with van der Waals surface area (Å²) < 4.78 is 18.0. The van der Waals surface area contributed by atoms with Gasteiger partial charge in [-0.1, -0.05) is 0 Å². The quantitative estimate of drug-likeness (QED) is 0.913. The molecule has 0 bridgehead atoms. The van der Waals surface area contributed by atoms with Gasteiger partial charge in [-0.3, -0.25) is 9.78 Å². The number of halogens is 1. The Morgan fingerprint density at radius 1 is 1.26 bits per heavy atom. The minimum atomic E-state index is -0.460. The van der Waals surface area contributed by atoms with E-state index in [0.717, 1.165) is 6.20 Å². The van der Waals surface area contributed by atoms with Crippen molar-refractivity contribution in [3.8, 4) is 11.6 Å². The third kappa shape index (κ3) is 3.25. The number of carbonyl (C=O) groups is 1. The second kappa shape index (κ2) is 5.43. The number of aromatic nitrogens is 2. The largest absolute Gasteiger partial charge is 0.437 e. The topological polar surface area (TPSA) is 78.1 Å². The number of nitrogens with zero attached hydrogens (tertiary/aromatic N) is 2. The monoisotopic (exact) mass is 261 g/mol. The fourth-order valence-corrected chi connectivity index (χ4v) is 1.40. The molecule has 5 nitrogen and oxygen atoms in total. The van der Waals surface area contributed by atoms with Gasteiger partial charge in [0, 0.05) is 6.07 Å². The average Bonchev–Trinajstić information content (AvgIpc) is 2.41. The number of nitrogens with two attached hydrogens (primary N) is 1. The molecule has 0 saturated carbocycles. The summed E-state index contributed by atoms with van der Waals surface area (Å²) >= 11 is 0. The SMILES string of the molecule is CC(C(N)=O)c1ccc(Oc2ccc(F)cn2)cn1. The second-order valence-electron chi connectivity index (χ2n) is 3.96. The van der Waals surface area contributed by atoms with Gasteiger partial charge in [-0.2, -0.15) is 0 Å². The molecule has 2 heterocycles. The molecule has 0 radical (unpaired) electrons. The van der Waals surface area contributed by atoms with Gasteiger partial charge in [0.05, 0.1) is 24.0 Å². The first-order valence-corrected chi connectivity index (χ1v) is 5.61. The fourth-order valence-electron chi connectivity index (χ4n) is 1.40. The third-order valence-corrected chi connectivity index (χ3v) is 2.55. The molecule has 2 rings (SSSR count). The summed E-state index contributed by atoms with van der Waals surface area (Å²) in [5.41, 5.74) is 5.75. The van der Waals surface area contributed by atoms with Gasteiger partial charge in [0.1, 0.15) is 11.6 Å². The van der Waals surface area contributed by atoms with Gasteiger partial charge >= 0.3 is 0 Å². The van der Waals surface area contributed by atoms with Crippen molar-refractivity contribution in [2.24, 2.45) is 5.73 Å². The highest BCUT2D eigenvalue weighted by Gasteiger charge is 2.12. The van der Waals surface area contributed by atoms with E-state index in [1.165, 1.54) is 18.3 Å². The Labute approximate surface area is 109 Å². The molecule has 1 unspecified atom stereocenters. The van der Waals surface area contributed by atoms with E-state index in [0.29, 0.717) is 11.4 Å². The summed E-state index contributed by atoms with van der Waals surface area (Å²) in [7, 11) is 0. The average molecular weight is 261 g/mol. The van der Waals surface area contributed by atoms with Gasteiger partial charge in [-0.25, -0.2) is 9.37 Å². The molecule has 19 heavy (non-hydrogen) atoms. The van der Waals surface area contributed by atoms with Crippen molar-refractivity contribution < 1.29 is 13.9 Å². The Bertz CT molecular complexity index is 569. The highest BCUT2D eigenvalue weighted by molar-refractivity contribution is 5.80. The zero-order valence-electron chi connectivity index (χ0n) is 10.2. The number of carbonyl (C=O) groups excluding carboxylic acids is 1. The van der Waals surface area contributed by atoms with Gasteiger partial charge < -0.3 is 10.5 Å². The van der Waals surface area contributed by atoms with E-state index in [4.69, 9.17) is 10.5 Å². The van der Waals surface area contributed by atoms with Crippen LogP contribution < -0.4 is 10.5 Å². The summed E-state index contributed by atoms with van der Waals surface area (Å²) in [5.74, 6) is -0.631. The number of amides is 1. The zero-order chi connectivity index (χ0) is 13.8. The van der Waals surface area contributed by atoms with E-state index in [1.54, 1.807) is 19.1 Å². The number of hydrogen-bond donors (Lipinski definition) is 1. The van der Waals surface area contributed by atoms with Crippen LogP contribution in [0.15, 0.2) is 36.7 Å². The van der Waals surface area contributed by atoms with Crippen molar-refractivity contribution in [1.29, 1.82) is 0 Å². The maximum absolute atomic E-state index is 12.7. The fraction of sp³-hybridized carbons (Fsp3) is 0.154. The van der Waals surface area contributed by atoms with Gasteiger partial charge in [0.2, 0.25) is 11.8 Å². The molecular formula is C13H12FN3O2. The number of primary amides is 1. The standard InChI is InChI=1S/C13H12FN3O2/c1-8(13(15)18)11-4-3-10(7-16-11)19-12-5-2-9(14)6-17-12/h2-8H,1H3,(H2,15,18). The van der Waals surface area contributed by atoms with Crippen LogP contribution in [0.25, 0.3) is 0 Å². The number of ether oxygens (including phenoxy) is 1. The van der Waals surface area contributed by atoms with Crippen molar-refractivity contribution in [3.05, 3.63) is 48.2 Å². The molecule has 2 aromatic rings. The van der Waals surface area contributed by atoms with Crippen LogP contribution in [0.2, 0.25) is 0 Å². The number of pyridine rings is 2. The maximum atomic E-state index is 12.7. The Hall–Kier alpha value is -2.50. The van der Waals surface area contributed by atoms with E-state index < -0.39 is 17.6 Å². The first kappa shape index (κ1) is 12.9. The molecule has 0 aromatic carbocycles. The first-order valence-electron chi connectivity index (χ1n) is 5.61. The molecule has 1 amide bonds. The highest BCUT2D eigenvalue weighted by atomic mass is 19.1. The van der Waals surface area contributed by atoms with Crippen molar-refractivity contribution in [3.63, 3.8) is 0 Å². The lowest BCUT2D eigenvalue weighted by Gasteiger charge is -2.08. The number of rotatable bonds is 4. The zero-order valence-corrected chi connectivity index (χ0v) is 10.2. The van der Waals surface area contributed by atoms with E-state index in [-0.39, 0.29) is 5.88 Å². The molecule has 0 spiro atoms. The minimum Gasteiger partial charge on any atom is -0.437 e. The molecule has 0 saturated heterocycles. The van der Waals surface area contributed by atoms with Crippen LogP contribution in [0.4, 0.5) is 4.39 Å². The van der Waals surface area contributed by atoms with E-state index >= 15 is 0 Å². The lowest BCUT2D eigenvalue weighted by Crippen LogP contribution is -2.19. The van der Waals surface area contributed by atoms with Crippen molar-refractivity contribution in [2.75, 3.05) is 0 Å². The molecule has 2 aromatic heterocycles. The van der Waals surface area contributed by atoms with E-state index in [1.807, 2.05) is 0 Å². The van der Waals surface area contributed by atoms with Crippen LogP contribution in [0.1, 0.15) is 18.5 Å². The van der Waals surface area contributed by atoms with E-state index in [2.05, 4.69) is 9.97 Å². The lowest BCUT2D eigenvalue weighted by molar-refractivity contribution is -0.119. The summed E-state index contributed by atoms with van der Waals surface area (Å²) in [6, 6.07) is 5.95. The molecule has 6 heteroatoms. The highest BCUT2D eigenvalue weighted by Crippen LogP contribution is 2.20. The predicted molar refractivity (Wildman–Crippen MR) is 66.1 cm³/mol. The molecule has 0 aliphatic rings. The summed E-state index contributed by atoms with van der Waals surface area (Å²) in [4.78, 5) is 18.9. The molecule has 2 N–H and O–H groups in total. The minimum absolute atomic E-state index is 0.263. The van der Waals surface area contributed by atoms with Crippen LogP contribution in [0.5, 0.6) is 11.6 Å². The second-order valence-corrected chi connectivity index (χ2v) is 3.96. The van der Waals surface area contributed by atoms with Crippen LogP contribution >= 0.6 is 0 Å². The summed E-state index contributed by atoms with van der Waals surface area (Å²) in [5, 5.41) is 0. The van der Waals surface area contributed by atoms with Crippen LogP contribution in [0.3, 0.4) is 0 Å². The molecule has 0 aliphatic carbocycles. The molecular weight excluding hydrogens is 249 g/mol. The maximum Gasteiger partial charge on any atom is 0.226 e. The Morgan fingerprint density at radius 2 is 2.05 bits per heavy atom. The van der Waals surface area contributed by atoms with Gasteiger partial charge in [0.15, 0.2) is 0 Å². The Kier molecular flexibility index (Phi) is 3.70. The first-order chi connectivity index (χ1) is 9.06.